The number of hydrogen-bond donors (Lipinski definition) is 0. The normalized spacial score (nSPS) is 16.2. The fourth-order valence-electron chi connectivity index (χ4n) is 5.76. The molecule has 0 spiro atoms. The smallest absolute Gasteiger partial charge is 0.496 e. The Balaban J connectivity index is 1.58. The molecule has 5 heteroatoms. The van der Waals surface area contributed by atoms with E-state index in [9.17, 15) is 0 Å². The number of rotatable bonds is 1. The minimum absolute atomic E-state index is 0.713. The van der Waals surface area contributed by atoms with Crippen LogP contribution in [0.25, 0.3) is 0 Å². The van der Waals surface area contributed by atoms with Crippen molar-refractivity contribution in [1.82, 2.24) is 0 Å². The second-order valence-electron chi connectivity index (χ2n) is 9.70. The molecule has 6 bridgehead atoms. The van der Waals surface area contributed by atoms with Crippen molar-refractivity contribution in [3.63, 3.8) is 0 Å². The summed E-state index contributed by atoms with van der Waals surface area (Å²) in [6.07, 6.45) is 2.93. The molecule has 0 radical (unpaired) electrons. The van der Waals surface area contributed by atoms with E-state index in [4.69, 9.17) is 18.0 Å². The summed E-state index contributed by atoms with van der Waals surface area (Å²) in [6.45, 7) is 2.02. The fraction of sp³-hybridized carbons (Fsp3) is 0.200. The Hall–Kier alpha value is -3.70. The first-order valence-electron chi connectivity index (χ1n) is 12.1. The van der Waals surface area contributed by atoms with Gasteiger partial charge >= 0.3 is 8.80 Å². The summed E-state index contributed by atoms with van der Waals surface area (Å²) in [7, 11) is -1.42. The molecule has 0 saturated heterocycles. The lowest BCUT2D eigenvalue weighted by Crippen LogP contribution is -2.53. The molecule has 3 aliphatic heterocycles. The average Bonchev–Trinajstić information content (AvgIpc) is 2.82. The van der Waals surface area contributed by atoms with Crippen LogP contribution >= 0.6 is 0 Å². The third kappa shape index (κ3) is 3.33. The van der Waals surface area contributed by atoms with Crippen LogP contribution in [0.4, 0.5) is 0 Å². The minimum atomic E-state index is -3.18. The van der Waals surface area contributed by atoms with Crippen molar-refractivity contribution in [2.24, 2.45) is 0 Å². The molecule has 0 aliphatic carbocycles. The number of fused-ring (bicyclic) bond motifs is 2. The van der Waals surface area contributed by atoms with Crippen molar-refractivity contribution < 1.29 is 18.0 Å². The van der Waals surface area contributed by atoms with Gasteiger partial charge in [0.1, 0.15) is 23.0 Å². The highest BCUT2D eigenvalue weighted by Crippen LogP contribution is 2.44. The topological polar surface area (TPSA) is 36.9 Å². The molecule has 0 atom stereocenters. The second kappa shape index (κ2) is 7.65. The van der Waals surface area contributed by atoms with E-state index in [0.29, 0.717) is 12.8 Å². The number of hydrogen-bond acceptors (Lipinski definition) is 4. The zero-order valence-electron chi connectivity index (χ0n) is 19.9. The molecule has 0 N–H and O–H groups in total. The van der Waals surface area contributed by atoms with Gasteiger partial charge in [-0.15, -0.1) is 0 Å². The summed E-state index contributed by atoms with van der Waals surface area (Å²) in [5.74, 6) is 3.62. The predicted octanol–water partition coefficient (Wildman–Crippen LogP) is 6.10. The van der Waals surface area contributed by atoms with Gasteiger partial charge in [-0.1, -0.05) is 72.8 Å². The summed E-state index contributed by atoms with van der Waals surface area (Å²) < 4.78 is 26.5. The van der Waals surface area contributed by atoms with Crippen LogP contribution in [0.3, 0.4) is 0 Å². The Bertz CT molecular complexity index is 1390. The molecule has 3 aliphatic rings. The number of ether oxygens (including phenoxy) is 1. The molecule has 0 aromatic heterocycles. The maximum Gasteiger partial charge on any atom is 0.696 e. The summed E-state index contributed by atoms with van der Waals surface area (Å²) in [4.78, 5) is 0. The van der Waals surface area contributed by atoms with E-state index >= 15 is 0 Å². The highest BCUT2D eigenvalue weighted by atomic mass is 28.4. The van der Waals surface area contributed by atoms with Crippen LogP contribution in [-0.2, 0) is 25.7 Å². The van der Waals surface area contributed by atoms with Crippen LogP contribution in [0.15, 0.2) is 72.8 Å². The maximum absolute atomic E-state index is 6.87. The van der Waals surface area contributed by atoms with Crippen LogP contribution in [0, 0.1) is 0 Å². The SMILES string of the molecule is COc1c2cccc1Cc1cccc3c1O[Si]1(C)Oc4c(cccc4Cc4cccc(c4O1)C3)C2. The lowest BCUT2D eigenvalue weighted by molar-refractivity contribution is 0.259. The molecule has 0 fully saturated rings. The third-order valence-electron chi connectivity index (χ3n) is 7.30. The summed E-state index contributed by atoms with van der Waals surface area (Å²) in [5, 5.41) is 0. The minimum Gasteiger partial charge on any atom is -0.496 e. The number of para-hydroxylation sites is 4. The van der Waals surface area contributed by atoms with Crippen molar-refractivity contribution >= 4 is 8.80 Å². The van der Waals surface area contributed by atoms with E-state index in [2.05, 4.69) is 72.8 Å². The van der Waals surface area contributed by atoms with Gasteiger partial charge in [-0.05, 0) is 44.5 Å². The Kier molecular flexibility index (Phi) is 4.51. The summed E-state index contributed by atoms with van der Waals surface area (Å²) in [6, 6.07) is 25.8. The van der Waals surface area contributed by atoms with E-state index < -0.39 is 8.80 Å². The summed E-state index contributed by atoms with van der Waals surface area (Å²) >= 11 is 0. The Morgan fingerprint density at radius 1 is 0.514 bits per heavy atom. The van der Waals surface area contributed by atoms with Crippen molar-refractivity contribution in [2.45, 2.75) is 32.2 Å². The van der Waals surface area contributed by atoms with Gasteiger partial charge < -0.3 is 18.0 Å². The largest absolute Gasteiger partial charge is 0.696 e. The van der Waals surface area contributed by atoms with Crippen LogP contribution in [0.1, 0.15) is 44.5 Å². The molecule has 35 heavy (non-hydrogen) atoms. The van der Waals surface area contributed by atoms with Crippen molar-refractivity contribution in [3.8, 4) is 23.0 Å². The number of benzene rings is 4. The van der Waals surface area contributed by atoms with Gasteiger partial charge in [0.25, 0.3) is 0 Å². The lowest BCUT2D eigenvalue weighted by Gasteiger charge is -2.36. The highest BCUT2D eigenvalue weighted by Gasteiger charge is 2.47. The van der Waals surface area contributed by atoms with E-state index in [1.807, 2.05) is 6.55 Å². The van der Waals surface area contributed by atoms with Crippen LogP contribution in [0.5, 0.6) is 23.0 Å². The van der Waals surface area contributed by atoms with Crippen LogP contribution < -0.4 is 18.0 Å². The van der Waals surface area contributed by atoms with Gasteiger partial charge in [-0.3, -0.25) is 0 Å². The zero-order chi connectivity index (χ0) is 23.6. The first kappa shape index (κ1) is 20.7. The van der Waals surface area contributed by atoms with Crippen molar-refractivity contribution in [1.29, 1.82) is 0 Å². The molecular formula is C30H26O4Si. The molecule has 0 saturated carbocycles. The quantitative estimate of drug-likeness (QED) is 0.273. The van der Waals surface area contributed by atoms with Gasteiger partial charge in [-0.2, -0.15) is 0 Å². The van der Waals surface area contributed by atoms with Crippen LogP contribution in [0.2, 0.25) is 6.55 Å². The van der Waals surface area contributed by atoms with E-state index in [1.165, 1.54) is 11.1 Å². The van der Waals surface area contributed by atoms with Crippen LogP contribution in [-0.4, -0.2) is 15.9 Å². The lowest BCUT2D eigenvalue weighted by atomic mass is 9.91. The fourth-order valence-corrected chi connectivity index (χ4v) is 7.78. The maximum atomic E-state index is 6.87. The Morgan fingerprint density at radius 2 is 0.800 bits per heavy atom. The van der Waals surface area contributed by atoms with Gasteiger partial charge in [0.15, 0.2) is 0 Å². The molecule has 3 heterocycles. The predicted molar refractivity (Wildman–Crippen MR) is 137 cm³/mol. The van der Waals surface area contributed by atoms with Gasteiger partial charge in [0.05, 0.1) is 7.11 Å². The second-order valence-corrected chi connectivity index (χ2v) is 12.0. The molecule has 0 amide bonds. The number of methoxy groups -OCH3 is 1. The van der Waals surface area contributed by atoms with Crippen molar-refractivity contribution in [2.75, 3.05) is 7.11 Å². The molecule has 4 nitrogen and oxygen atoms in total. The van der Waals surface area contributed by atoms with E-state index in [0.717, 1.165) is 69.2 Å². The molecule has 0 unspecified atom stereocenters. The van der Waals surface area contributed by atoms with Gasteiger partial charge in [0, 0.05) is 32.2 Å². The summed E-state index contributed by atoms with van der Waals surface area (Å²) in [5.41, 5.74) is 9.23. The first-order valence-corrected chi connectivity index (χ1v) is 14.4. The first-order chi connectivity index (χ1) is 17.1. The molecule has 4 aromatic carbocycles. The molecule has 4 aromatic rings. The Labute approximate surface area is 206 Å². The molecule has 7 rings (SSSR count). The van der Waals surface area contributed by atoms with E-state index in [1.54, 1.807) is 7.11 Å². The van der Waals surface area contributed by atoms with Crippen molar-refractivity contribution in [3.05, 3.63) is 117 Å². The molecular weight excluding hydrogens is 452 g/mol. The highest BCUT2D eigenvalue weighted by molar-refractivity contribution is 6.61. The zero-order valence-corrected chi connectivity index (χ0v) is 20.9. The molecule has 174 valence electrons. The van der Waals surface area contributed by atoms with Gasteiger partial charge in [-0.25, -0.2) is 0 Å². The van der Waals surface area contributed by atoms with E-state index in [-0.39, 0.29) is 0 Å². The standard InChI is InChI=1S/C30H26O4Si/c1-31-27-19-7-3-8-20(27)16-22-10-5-12-24-18-26-14-6-13-25-17-23-11-4-9-21(15-19)28(23)32-35(2,33-29(22)24)34-30(25)26/h3-14H,15-18H2,1-2H3. The van der Waals surface area contributed by atoms with Gasteiger partial charge in [0.2, 0.25) is 0 Å². The third-order valence-corrected chi connectivity index (χ3v) is 9.03. The monoisotopic (exact) mass is 478 g/mol. The average molecular weight is 479 g/mol. The Morgan fingerprint density at radius 3 is 1.11 bits per heavy atom.